The summed E-state index contributed by atoms with van der Waals surface area (Å²) in [5, 5.41) is 42.4. The van der Waals surface area contributed by atoms with Gasteiger partial charge in [-0.2, -0.15) is 4.98 Å². The van der Waals surface area contributed by atoms with Gasteiger partial charge < -0.3 is 35.0 Å². The number of hydrogen-bond donors (Lipinski definition) is 6. The van der Waals surface area contributed by atoms with Crippen molar-refractivity contribution in [2.45, 2.75) is 31.8 Å². The highest BCUT2D eigenvalue weighted by molar-refractivity contribution is 5.84. The summed E-state index contributed by atoms with van der Waals surface area (Å²) in [6.07, 6.45) is -4.78. The van der Waals surface area contributed by atoms with Gasteiger partial charge in [0.1, 0.15) is 18.3 Å². The fraction of sp³-hybridized carbons (Fsp3) is 0.474. The Morgan fingerprint density at radius 2 is 1.94 bits per heavy atom. The minimum atomic E-state index is -1.67. The maximum Gasteiger partial charge on any atom is 0.349 e. The van der Waals surface area contributed by atoms with Crippen LogP contribution < -0.4 is 16.6 Å². The van der Waals surface area contributed by atoms with Crippen LogP contribution in [0.2, 0.25) is 0 Å². The first-order valence-electron chi connectivity index (χ1n) is 9.60. The Hall–Kier alpha value is -2.90. The number of aromatic amines is 1. The van der Waals surface area contributed by atoms with E-state index in [0.717, 1.165) is 11.3 Å². The Bertz CT molecular complexity index is 1140. The van der Waals surface area contributed by atoms with E-state index in [4.69, 9.17) is 9.84 Å². The van der Waals surface area contributed by atoms with Crippen molar-refractivity contribution in [2.24, 2.45) is 0 Å². The number of rotatable bonds is 9. The Labute approximate surface area is 176 Å². The molecule has 0 amide bonds. The molecule has 0 aliphatic carbocycles. The molecule has 2 heterocycles. The molecular weight excluding hydrogens is 410 g/mol. The second kappa shape index (κ2) is 9.49. The van der Waals surface area contributed by atoms with Gasteiger partial charge in [0.15, 0.2) is 11.5 Å². The van der Waals surface area contributed by atoms with E-state index in [0.29, 0.717) is 24.2 Å². The molecule has 1 aromatic carbocycles. The first-order chi connectivity index (χ1) is 14.8. The number of H-pyrrole nitrogens is 1. The van der Waals surface area contributed by atoms with Crippen molar-refractivity contribution in [1.82, 2.24) is 19.5 Å². The number of aromatic nitrogens is 4. The summed E-state index contributed by atoms with van der Waals surface area (Å²) in [6.45, 7) is 1.76. The van der Waals surface area contributed by atoms with Crippen LogP contribution in [0, 0.1) is 6.92 Å². The van der Waals surface area contributed by atoms with Gasteiger partial charge >= 0.3 is 5.69 Å². The molecule has 3 atom stereocenters. The van der Waals surface area contributed by atoms with Gasteiger partial charge in [-0.25, -0.2) is 9.78 Å². The highest BCUT2D eigenvalue weighted by Crippen LogP contribution is 2.27. The molecule has 0 fully saturated rings. The lowest BCUT2D eigenvalue weighted by Crippen LogP contribution is -2.42. The third kappa shape index (κ3) is 4.73. The molecule has 1 aromatic rings. The third-order valence-electron chi connectivity index (χ3n) is 4.92. The highest BCUT2D eigenvalue weighted by Gasteiger charge is 2.27. The number of fused-ring (bicyclic) bond motifs is 2. The number of methoxy groups -OCH3 is 1. The molecule has 0 saturated carbocycles. The zero-order valence-electron chi connectivity index (χ0n) is 17.1. The Balaban J connectivity index is 2.21. The second-order valence-electron chi connectivity index (χ2n) is 7.15. The molecule has 12 nitrogen and oxygen atoms in total. The number of aliphatic hydroxyl groups excluding tert-OH is 4. The van der Waals surface area contributed by atoms with E-state index in [1.54, 1.807) is 19.2 Å². The number of nitrogens with zero attached hydrogens (tertiary/aromatic N) is 3. The summed E-state index contributed by atoms with van der Waals surface area (Å²) in [5.41, 5.74) is 0.661. The van der Waals surface area contributed by atoms with Gasteiger partial charge in [0.05, 0.1) is 30.8 Å². The van der Waals surface area contributed by atoms with Crippen molar-refractivity contribution in [3.8, 4) is 11.5 Å². The van der Waals surface area contributed by atoms with Gasteiger partial charge in [0.25, 0.3) is 5.56 Å². The van der Waals surface area contributed by atoms with Crippen LogP contribution in [-0.4, -0.2) is 85.1 Å². The van der Waals surface area contributed by atoms with E-state index in [9.17, 15) is 24.9 Å². The molecule has 12 heteroatoms. The van der Waals surface area contributed by atoms with E-state index in [1.807, 2.05) is 6.92 Å². The standard InChI is InChI=1S/C19H25N5O7/c1-9-5-11-12(6-10(9)20-3-4-31-2)24(7-13(26)16(28)14(27)8-25)17-15(21-11)18(29)23-19(30)22-17/h5-6,13-14,16,20,25-28H,3-4,7-8H2,1-2H3,(H,23,29,30)/t13-,14+,16-/m0/s1. The zero-order valence-corrected chi connectivity index (χ0v) is 17.1. The Morgan fingerprint density at radius 3 is 2.61 bits per heavy atom. The number of ether oxygens (including phenoxy) is 1. The summed E-state index contributed by atoms with van der Waals surface area (Å²) in [4.78, 5) is 34.4. The number of aliphatic hydroxyl groups is 4. The van der Waals surface area contributed by atoms with Crippen LogP contribution >= 0.6 is 0 Å². The molecule has 0 saturated heterocycles. The van der Waals surface area contributed by atoms with E-state index in [-0.39, 0.29) is 18.1 Å². The number of aryl methyl sites for hydroxylation is 1. The van der Waals surface area contributed by atoms with Crippen LogP contribution in [0.1, 0.15) is 5.56 Å². The van der Waals surface area contributed by atoms with Crippen LogP contribution in [0.5, 0.6) is 0 Å². The molecule has 0 bridgehead atoms. The summed E-state index contributed by atoms with van der Waals surface area (Å²) in [5.74, 6) is -0.0855. The minimum Gasteiger partial charge on any atom is -0.394 e. The van der Waals surface area contributed by atoms with Gasteiger partial charge in [-0.05, 0) is 24.6 Å². The van der Waals surface area contributed by atoms with Crippen LogP contribution in [0.25, 0.3) is 22.6 Å². The number of nitrogens with one attached hydrogen (secondary N) is 2. The average molecular weight is 435 g/mol. The molecule has 0 radical (unpaired) electrons. The average Bonchev–Trinajstić information content (AvgIpc) is 2.73. The molecule has 0 aromatic heterocycles. The first-order valence-corrected chi connectivity index (χ1v) is 9.60. The van der Waals surface area contributed by atoms with Crippen LogP contribution in [0.3, 0.4) is 0 Å². The van der Waals surface area contributed by atoms with Crippen LogP contribution in [-0.2, 0) is 11.3 Å². The summed E-state index contributed by atoms with van der Waals surface area (Å²) in [7, 11) is 1.58. The number of benzene rings is 1. The highest BCUT2D eigenvalue weighted by atomic mass is 16.5. The van der Waals surface area contributed by atoms with Crippen molar-refractivity contribution in [3.05, 3.63) is 38.5 Å². The van der Waals surface area contributed by atoms with Gasteiger partial charge in [-0.15, -0.1) is 0 Å². The predicted molar refractivity (Wildman–Crippen MR) is 111 cm³/mol. The fourth-order valence-corrected chi connectivity index (χ4v) is 3.27. The summed E-state index contributed by atoms with van der Waals surface area (Å²) >= 11 is 0. The molecule has 2 aliphatic rings. The SMILES string of the molecule is COCCNc1cc2c(cc1C)nc1c(=O)[nH]c(=O)nc-1n2C[C@H](O)[C@H](O)[C@H](O)CO. The topological polar surface area (TPSA) is 183 Å². The normalized spacial score (nSPS) is 14.6. The Kier molecular flexibility index (Phi) is 6.97. The van der Waals surface area contributed by atoms with Crippen molar-refractivity contribution >= 4 is 16.7 Å². The molecule has 2 aliphatic heterocycles. The molecule has 6 N–H and O–H groups in total. The lowest BCUT2D eigenvalue weighted by atomic mass is 10.1. The maximum atomic E-state index is 12.3. The summed E-state index contributed by atoms with van der Waals surface area (Å²) < 4.78 is 6.42. The van der Waals surface area contributed by atoms with Crippen molar-refractivity contribution < 1.29 is 25.2 Å². The third-order valence-corrected chi connectivity index (χ3v) is 4.92. The van der Waals surface area contributed by atoms with Crippen molar-refractivity contribution in [2.75, 3.05) is 32.2 Å². The smallest absolute Gasteiger partial charge is 0.349 e. The first kappa shape index (κ1) is 22.8. The molecule has 0 unspecified atom stereocenters. The fourth-order valence-electron chi connectivity index (χ4n) is 3.27. The van der Waals surface area contributed by atoms with E-state index in [1.165, 1.54) is 4.57 Å². The lowest BCUT2D eigenvalue weighted by Gasteiger charge is -2.25. The lowest BCUT2D eigenvalue weighted by molar-refractivity contribution is -0.0802. The van der Waals surface area contributed by atoms with E-state index >= 15 is 0 Å². The largest absolute Gasteiger partial charge is 0.394 e. The number of anilines is 1. The van der Waals surface area contributed by atoms with Crippen LogP contribution in [0.4, 0.5) is 5.69 Å². The van der Waals surface area contributed by atoms with Crippen molar-refractivity contribution in [1.29, 1.82) is 0 Å². The zero-order chi connectivity index (χ0) is 22.7. The van der Waals surface area contributed by atoms with E-state index < -0.39 is 36.2 Å². The van der Waals surface area contributed by atoms with Gasteiger partial charge in [-0.1, -0.05) is 0 Å². The van der Waals surface area contributed by atoms with Gasteiger partial charge in [0, 0.05) is 19.3 Å². The molecule has 31 heavy (non-hydrogen) atoms. The van der Waals surface area contributed by atoms with Crippen LogP contribution in [0.15, 0.2) is 21.7 Å². The number of hydrogen-bond acceptors (Lipinski definition) is 10. The van der Waals surface area contributed by atoms with Crippen molar-refractivity contribution in [3.63, 3.8) is 0 Å². The predicted octanol–water partition coefficient (Wildman–Crippen LogP) is -1.97. The molecule has 168 valence electrons. The Morgan fingerprint density at radius 1 is 1.19 bits per heavy atom. The monoisotopic (exact) mass is 435 g/mol. The minimum absolute atomic E-state index is 0.0855. The van der Waals surface area contributed by atoms with Gasteiger partial charge in [-0.3, -0.25) is 9.78 Å². The quantitative estimate of drug-likeness (QED) is 0.163. The van der Waals surface area contributed by atoms with E-state index in [2.05, 4.69) is 20.3 Å². The second-order valence-corrected chi connectivity index (χ2v) is 7.15. The summed E-state index contributed by atoms with van der Waals surface area (Å²) in [6, 6.07) is 3.46. The molecular formula is C19H25N5O7. The molecule has 0 spiro atoms. The van der Waals surface area contributed by atoms with Gasteiger partial charge in [0.2, 0.25) is 0 Å². The molecule has 3 rings (SSSR count). The maximum absolute atomic E-state index is 12.3.